The Hall–Kier alpha value is -2.87. The number of allylic oxidation sites excluding steroid dienone is 2. The monoisotopic (exact) mass is 400 g/mol. The van der Waals surface area contributed by atoms with Crippen molar-refractivity contribution in [2.24, 2.45) is 0 Å². The van der Waals surface area contributed by atoms with Crippen molar-refractivity contribution in [3.63, 3.8) is 0 Å². The average molecular weight is 400 g/mol. The standard InChI is InChI=1S/C21H28N4O4/c1-3-17-6-13-29-19(17)5-4-8-24-9-11-25(12-10-24)21-22-15-18(16-23-21)28-14-7-20(26)27-2/h3-5,15-16H,1,6-14H2,2H3/b5-4+. The summed E-state index contributed by atoms with van der Waals surface area (Å²) in [6.45, 7) is 9.34. The van der Waals surface area contributed by atoms with Crippen LogP contribution in [-0.4, -0.2) is 73.9 Å². The summed E-state index contributed by atoms with van der Waals surface area (Å²) in [7, 11) is 1.36. The first-order chi connectivity index (χ1) is 14.2. The highest BCUT2D eigenvalue weighted by molar-refractivity contribution is 5.69. The molecule has 0 aliphatic carbocycles. The van der Waals surface area contributed by atoms with Gasteiger partial charge < -0.3 is 19.1 Å². The van der Waals surface area contributed by atoms with Crippen molar-refractivity contribution < 1.29 is 19.0 Å². The first-order valence-electron chi connectivity index (χ1n) is 9.83. The van der Waals surface area contributed by atoms with Gasteiger partial charge in [0.25, 0.3) is 0 Å². The number of esters is 1. The molecule has 0 N–H and O–H groups in total. The maximum atomic E-state index is 11.1. The number of carbonyl (C=O) groups excluding carboxylic acids is 1. The smallest absolute Gasteiger partial charge is 0.308 e. The zero-order valence-corrected chi connectivity index (χ0v) is 16.9. The van der Waals surface area contributed by atoms with Crippen LogP contribution in [0.25, 0.3) is 0 Å². The maximum absolute atomic E-state index is 11.1. The molecule has 8 heteroatoms. The Morgan fingerprint density at radius 2 is 2.03 bits per heavy atom. The molecule has 0 atom stereocenters. The van der Waals surface area contributed by atoms with Crippen LogP contribution in [0.2, 0.25) is 0 Å². The molecule has 29 heavy (non-hydrogen) atoms. The van der Waals surface area contributed by atoms with Crippen LogP contribution in [0, 0.1) is 0 Å². The minimum atomic E-state index is -0.302. The highest BCUT2D eigenvalue weighted by Gasteiger charge is 2.18. The molecular formula is C21H28N4O4. The van der Waals surface area contributed by atoms with Crippen LogP contribution in [0.15, 0.2) is 48.5 Å². The zero-order valence-electron chi connectivity index (χ0n) is 16.9. The molecule has 1 saturated heterocycles. The van der Waals surface area contributed by atoms with Gasteiger partial charge in [0.2, 0.25) is 5.95 Å². The molecule has 0 amide bonds. The summed E-state index contributed by atoms with van der Waals surface area (Å²) < 4.78 is 15.7. The van der Waals surface area contributed by atoms with Gasteiger partial charge in [0.1, 0.15) is 5.76 Å². The van der Waals surface area contributed by atoms with Crippen LogP contribution < -0.4 is 9.64 Å². The number of methoxy groups -OCH3 is 1. The Morgan fingerprint density at radius 1 is 1.28 bits per heavy atom. The van der Waals surface area contributed by atoms with Gasteiger partial charge in [-0.3, -0.25) is 9.69 Å². The molecule has 2 aliphatic heterocycles. The van der Waals surface area contributed by atoms with Crippen LogP contribution >= 0.6 is 0 Å². The second-order valence-corrected chi connectivity index (χ2v) is 6.78. The summed E-state index contributed by atoms with van der Waals surface area (Å²) in [6, 6.07) is 0. The van der Waals surface area contributed by atoms with E-state index >= 15 is 0 Å². The van der Waals surface area contributed by atoms with E-state index in [-0.39, 0.29) is 19.0 Å². The van der Waals surface area contributed by atoms with Gasteiger partial charge >= 0.3 is 5.97 Å². The molecule has 1 aromatic rings. The number of aromatic nitrogens is 2. The Morgan fingerprint density at radius 3 is 2.72 bits per heavy atom. The number of piperazine rings is 1. The van der Waals surface area contributed by atoms with Gasteiger partial charge in [0.15, 0.2) is 5.75 Å². The number of hydrogen-bond acceptors (Lipinski definition) is 8. The fourth-order valence-corrected chi connectivity index (χ4v) is 3.19. The summed E-state index contributed by atoms with van der Waals surface area (Å²) in [5, 5.41) is 0. The van der Waals surface area contributed by atoms with E-state index in [1.165, 1.54) is 12.7 Å². The topological polar surface area (TPSA) is 77.0 Å². The molecule has 3 rings (SSSR count). The molecule has 0 aromatic carbocycles. The summed E-state index contributed by atoms with van der Waals surface area (Å²) in [5.74, 6) is 1.88. The summed E-state index contributed by atoms with van der Waals surface area (Å²) in [4.78, 5) is 24.4. The average Bonchev–Trinajstić information content (AvgIpc) is 3.22. The SMILES string of the molecule is C=CC1=C(/C=C/CN2CCN(c3ncc(OCCC(=O)OC)cn3)CC2)OCC1. The molecule has 1 fully saturated rings. The number of rotatable bonds is 9. The van der Waals surface area contributed by atoms with Gasteiger partial charge in [-0.15, -0.1) is 0 Å². The van der Waals surface area contributed by atoms with Gasteiger partial charge in [0, 0.05) is 39.1 Å². The Bertz CT molecular complexity index is 752. The molecule has 156 valence electrons. The largest absolute Gasteiger partial charge is 0.493 e. The lowest BCUT2D eigenvalue weighted by Crippen LogP contribution is -2.46. The van der Waals surface area contributed by atoms with Crippen molar-refractivity contribution in [2.75, 3.05) is 57.9 Å². The third kappa shape index (κ3) is 6.05. The quantitative estimate of drug-likeness (QED) is 0.582. The van der Waals surface area contributed by atoms with E-state index in [9.17, 15) is 4.79 Å². The first-order valence-corrected chi connectivity index (χ1v) is 9.83. The van der Waals surface area contributed by atoms with Crippen LogP contribution in [0.3, 0.4) is 0 Å². The van der Waals surface area contributed by atoms with Crippen LogP contribution in [0.5, 0.6) is 5.75 Å². The van der Waals surface area contributed by atoms with Crippen LogP contribution in [0.1, 0.15) is 12.8 Å². The number of anilines is 1. The predicted octanol–water partition coefficient (Wildman–Crippen LogP) is 1.96. The van der Waals surface area contributed by atoms with E-state index in [4.69, 9.17) is 9.47 Å². The third-order valence-electron chi connectivity index (χ3n) is 4.90. The number of carbonyl (C=O) groups is 1. The molecular weight excluding hydrogens is 372 g/mol. The van der Waals surface area contributed by atoms with Crippen LogP contribution in [0.4, 0.5) is 5.95 Å². The molecule has 2 aliphatic rings. The molecule has 3 heterocycles. The van der Waals surface area contributed by atoms with E-state index in [2.05, 4.69) is 43.2 Å². The van der Waals surface area contributed by atoms with Crippen molar-refractivity contribution in [3.05, 3.63) is 48.5 Å². The van der Waals surface area contributed by atoms with Crippen LogP contribution in [-0.2, 0) is 14.3 Å². The number of nitrogens with zero attached hydrogens (tertiary/aromatic N) is 4. The summed E-state index contributed by atoms with van der Waals surface area (Å²) >= 11 is 0. The fraction of sp³-hybridized carbons (Fsp3) is 0.476. The summed E-state index contributed by atoms with van der Waals surface area (Å²) in [6.07, 6.45) is 10.5. The lowest BCUT2D eigenvalue weighted by Gasteiger charge is -2.34. The zero-order chi connectivity index (χ0) is 20.5. The van der Waals surface area contributed by atoms with E-state index in [1.807, 2.05) is 6.08 Å². The van der Waals surface area contributed by atoms with Crippen molar-refractivity contribution in [1.82, 2.24) is 14.9 Å². The number of ether oxygens (including phenoxy) is 3. The first kappa shape index (κ1) is 20.9. The van der Waals surface area contributed by atoms with E-state index in [0.717, 1.165) is 51.5 Å². The minimum absolute atomic E-state index is 0.201. The van der Waals surface area contributed by atoms with Gasteiger partial charge in [-0.2, -0.15) is 0 Å². The maximum Gasteiger partial charge on any atom is 0.308 e. The lowest BCUT2D eigenvalue weighted by molar-refractivity contribution is -0.141. The predicted molar refractivity (Wildman–Crippen MR) is 110 cm³/mol. The molecule has 0 spiro atoms. The van der Waals surface area contributed by atoms with Crippen molar-refractivity contribution in [1.29, 1.82) is 0 Å². The number of hydrogen-bond donors (Lipinski definition) is 0. The Kier molecular flexibility index (Phi) is 7.63. The summed E-state index contributed by atoms with van der Waals surface area (Å²) in [5.41, 5.74) is 1.18. The van der Waals surface area contributed by atoms with Gasteiger partial charge in [-0.25, -0.2) is 9.97 Å². The van der Waals surface area contributed by atoms with Crippen molar-refractivity contribution in [3.8, 4) is 5.75 Å². The molecule has 0 saturated carbocycles. The van der Waals surface area contributed by atoms with E-state index < -0.39 is 0 Å². The second-order valence-electron chi connectivity index (χ2n) is 6.78. The molecule has 0 unspecified atom stereocenters. The minimum Gasteiger partial charge on any atom is -0.493 e. The fourth-order valence-electron chi connectivity index (χ4n) is 3.19. The highest BCUT2D eigenvalue weighted by Crippen LogP contribution is 2.21. The lowest BCUT2D eigenvalue weighted by atomic mass is 10.2. The van der Waals surface area contributed by atoms with E-state index in [1.54, 1.807) is 12.4 Å². The molecule has 8 nitrogen and oxygen atoms in total. The van der Waals surface area contributed by atoms with Crippen molar-refractivity contribution in [2.45, 2.75) is 12.8 Å². The highest BCUT2D eigenvalue weighted by atomic mass is 16.5. The molecule has 0 bridgehead atoms. The Labute approximate surface area is 171 Å². The second kappa shape index (κ2) is 10.6. The van der Waals surface area contributed by atoms with Gasteiger partial charge in [-0.05, 0) is 11.6 Å². The van der Waals surface area contributed by atoms with E-state index in [0.29, 0.717) is 11.7 Å². The molecule has 1 aromatic heterocycles. The van der Waals surface area contributed by atoms with Crippen molar-refractivity contribution >= 4 is 11.9 Å². The Balaban J connectivity index is 1.41. The molecule has 0 radical (unpaired) electrons. The van der Waals surface area contributed by atoms with Gasteiger partial charge in [-0.1, -0.05) is 18.7 Å². The third-order valence-corrected chi connectivity index (χ3v) is 4.90. The van der Waals surface area contributed by atoms with Gasteiger partial charge in [0.05, 0.1) is 39.1 Å². The normalized spacial score (nSPS) is 17.5.